The van der Waals surface area contributed by atoms with Gasteiger partial charge in [-0.1, -0.05) is 56.3 Å². The summed E-state index contributed by atoms with van der Waals surface area (Å²) in [5, 5.41) is 6.06. The number of aromatic nitrogens is 3. The number of allylic oxidation sites excluding steroid dienone is 1. The fourth-order valence-corrected chi connectivity index (χ4v) is 6.65. The van der Waals surface area contributed by atoms with E-state index in [-0.39, 0.29) is 29.3 Å². The van der Waals surface area contributed by atoms with Gasteiger partial charge < -0.3 is 19.7 Å². The third-order valence-corrected chi connectivity index (χ3v) is 8.54. The number of piperidine rings is 1. The molecule has 0 radical (unpaired) electrons. The van der Waals surface area contributed by atoms with Gasteiger partial charge in [-0.2, -0.15) is 9.97 Å². The van der Waals surface area contributed by atoms with Crippen LogP contribution < -0.4 is 19.7 Å². The van der Waals surface area contributed by atoms with E-state index in [1.54, 1.807) is 7.11 Å². The molecule has 3 heterocycles. The van der Waals surface area contributed by atoms with Crippen LogP contribution in [-0.4, -0.2) is 40.9 Å². The Morgan fingerprint density at radius 1 is 0.905 bits per heavy atom. The summed E-state index contributed by atoms with van der Waals surface area (Å²) in [6.07, 6.45) is 4.78. The predicted molar refractivity (Wildman–Crippen MR) is 164 cm³/mol. The van der Waals surface area contributed by atoms with Crippen molar-refractivity contribution in [3.63, 3.8) is 0 Å². The number of ketones is 1. The third-order valence-electron chi connectivity index (χ3n) is 8.54. The maximum Gasteiger partial charge on any atom is 0.330 e. The molecular weight excluding hydrogens is 526 g/mol. The summed E-state index contributed by atoms with van der Waals surface area (Å²) in [5.41, 5.74) is 5.03. The van der Waals surface area contributed by atoms with Gasteiger partial charge in [-0.05, 0) is 71.2 Å². The van der Waals surface area contributed by atoms with E-state index in [1.165, 1.54) is 17.2 Å². The summed E-state index contributed by atoms with van der Waals surface area (Å²) >= 11 is 0. The molecule has 1 N–H and O–H groups in total. The van der Waals surface area contributed by atoms with E-state index >= 15 is 0 Å². The van der Waals surface area contributed by atoms with E-state index in [0.717, 1.165) is 60.3 Å². The molecule has 0 spiro atoms. The van der Waals surface area contributed by atoms with Crippen molar-refractivity contribution in [3.8, 4) is 17.8 Å². The molecule has 3 aromatic carbocycles. The maximum atomic E-state index is 13.8. The van der Waals surface area contributed by atoms with Crippen LogP contribution in [0.5, 0.6) is 17.8 Å². The average molecular weight is 562 g/mol. The number of carbonyl (C=O) groups excluding carboxylic acids is 1. The number of Topliss-reactive ketones (excluding diaryl/α,β-unsaturated/α-hetero) is 1. The first kappa shape index (κ1) is 26.4. The number of nitrogens with one attached hydrogen (secondary N) is 1. The number of carbonyl (C=O) groups is 1. The molecule has 7 rings (SSSR count). The number of hydrogen-bond acceptors (Lipinski definition) is 8. The molecule has 0 saturated carbocycles. The Hall–Kier alpha value is -4.46. The molecule has 0 bridgehead atoms. The summed E-state index contributed by atoms with van der Waals surface area (Å²) in [4.78, 5) is 29.4. The van der Waals surface area contributed by atoms with Crippen molar-refractivity contribution >= 4 is 33.8 Å². The van der Waals surface area contributed by atoms with Crippen molar-refractivity contribution in [1.82, 2.24) is 15.0 Å². The monoisotopic (exact) mass is 561 g/mol. The van der Waals surface area contributed by atoms with E-state index in [9.17, 15) is 4.79 Å². The van der Waals surface area contributed by atoms with Gasteiger partial charge in [0.2, 0.25) is 5.95 Å². The Labute approximate surface area is 245 Å². The Morgan fingerprint density at radius 3 is 2.55 bits per heavy atom. The topological polar surface area (TPSA) is 89.5 Å². The lowest BCUT2D eigenvalue weighted by Gasteiger charge is -2.40. The molecule has 8 heteroatoms. The van der Waals surface area contributed by atoms with Crippen LogP contribution in [0.3, 0.4) is 0 Å². The molecule has 3 aliphatic rings. The quantitative estimate of drug-likeness (QED) is 0.275. The van der Waals surface area contributed by atoms with Crippen LogP contribution in [0.25, 0.3) is 16.3 Å². The SMILES string of the molecule is COc1nc(Oc2cccc([C@@H]3Nc4ccc5ccccc5c4C4=C3C(=O)CC(C)(C)C4)c2)nc(N2CCCCC2)n1. The van der Waals surface area contributed by atoms with Gasteiger partial charge in [0, 0.05) is 36.3 Å². The molecule has 1 aromatic heterocycles. The normalized spacial score (nSPS) is 19.6. The van der Waals surface area contributed by atoms with Crippen LogP contribution in [0.4, 0.5) is 11.6 Å². The minimum atomic E-state index is -0.294. The van der Waals surface area contributed by atoms with Gasteiger partial charge in [-0.25, -0.2) is 0 Å². The number of anilines is 2. The van der Waals surface area contributed by atoms with Crippen molar-refractivity contribution in [2.24, 2.45) is 5.41 Å². The lowest BCUT2D eigenvalue weighted by Crippen LogP contribution is -2.33. The largest absolute Gasteiger partial charge is 0.467 e. The number of hydrogen-bond donors (Lipinski definition) is 1. The first-order chi connectivity index (χ1) is 20.4. The minimum absolute atomic E-state index is 0.110. The van der Waals surface area contributed by atoms with Crippen molar-refractivity contribution in [1.29, 1.82) is 0 Å². The maximum absolute atomic E-state index is 13.8. The smallest absolute Gasteiger partial charge is 0.330 e. The van der Waals surface area contributed by atoms with Gasteiger partial charge in [-0.15, -0.1) is 4.98 Å². The Bertz CT molecular complexity index is 1720. The fraction of sp³-hybridized carbons (Fsp3) is 0.353. The molecule has 1 fully saturated rings. The predicted octanol–water partition coefficient (Wildman–Crippen LogP) is 7.13. The summed E-state index contributed by atoms with van der Waals surface area (Å²) in [6, 6.07) is 20.7. The molecule has 2 aliphatic heterocycles. The molecular formula is C34H35N5O3. The molecule has 0 amide bonds. The zero-order chi connectivity index (χ0) is 28.8. The second-order valence-corrected chi connectivity index (χ2v) is 12.2. The minimum Gasteiger partial charge on any atom is -0.467 e. The van der Waals surface area contributed by atoms with Crippen molar-refractivity contribution in [2.45, 2.75) is 52.0 Å². The van der Waals surface area contributed by atoms with Crippen LogP contribution in [-0.2, 0) is 4.79 Å². The highest BCUT2D eigenvalue weighted by Gasteiger charge is 2.41. The van der Waals surface area contributed by atoms with Crippen LogP contribution in [0.1, 0.15) is 63.1 Å². The van der Waals surface area contributed by atoms with Crippen LogP contribution in [0.2, 0.25) is 0 Å². The van der Waals surface area contributed by atoms with Crippen molar-refractivity contribution in [2.75, 3.05) is 30.4 Å². The highest BCUT2D eigenvalue weighted by Crippen LogP contribution is 2.52. The molecule has 1 atom stereocenters. The second-order valence-electron chi connectivity index (χ2n) is 12.2. The van der Waals surface area contributed by atoms with Gasteiger partial charge in [0.1, 0.15) is 5.75 Å². The first-order valence-electron chi connectivity index (χ1n) is 14.8. The number of methoxy groups -OCH3 is 1. The van der Waals surface area contributed by atoms with Gasteiger partial charge in [-0.3, -0.25) is 4.79 Å². The molecule has 214 valence electrons. The highest BCUT2D eigenvalue weighted by atomic mass is 16.5. The van der Waals surface area contributed by atoms with Gasteiger partial charge in [0.05, 0.1) is 13.2 Å². The van der Waals surface area contributed by atoms with E-state index in [2.05, 4.69) is 75.4 Å². The standard InChI is InChI=1S/C34H35N5O3/c1-34(2)19-25-28-24-13-6-5-10-21(24)14-15-26(28)35-30(29(25)27(40)20-34)22-11-9-12-23(18-22)42-33-37-31(36-32(38-33)41-3)39-16-7-4-8-17-39/h5-6,9-15,18,30,35H,4,7-8,16-17,19-20H2,1-3H3/t30-/m0/s1. The zero-order valence-corrected chi connectivity index (χ0v) is 24.3. The van der Waals surface area contributed by atoms with Crippen LogP contribution >= 0.6 is 0 Å². The second kappa shape index (κ2) is 10.4. The summed E-state index contributed by atoms with van der Waals surface area (Å²) < 4.78 is 11.6. The molecule has 4 aromatic rings. The van der Waals surface area contributed by atoms with E-state index < -0.39 is 0 Å². The number of benzene rings is 3. The highest BCUT2D eigenvalue weighted by molar-refractivity contribution is 6.12. The van der Waals surface area contributed by atoms with Crippen molar-refractivity contribution in [3.05, 3.63) is 77.4 Å². The Kier molecular flexibility index (Phi) is 6.56. The summed E-state index contributed by atoms with van der Waals surface area (Å²) in [6.45, 7) is 6.17. The zero-order valence-electron chi connectivity index (χ0n) is 24.3. The lowest BCUT2D eigenvalue weighted by atomic mass is 9.68. The number of nitrogens with zero attached hydrogens (tertiary/aromatic N) is 4. The molecule has 8 nitrogen and oxygen atoms in total. The van der Waals surface area contributed by atoms with E-state index in [4.69, 9.17) is 9.47 Å². The summed E-state index contributed by atoms with van der Waals surface area (Å²) in [7, 11) is 1.54. The van der Waals surface area contributed by atoms with Crippen LogP contribution in [0.15, 0.2) is 66.2 Å². The van der Waals surface area contributed by atoms with Crippen molar-refractivity contribution < 1.29 is 14.3 Å². The lowest BCUT2D eigenvalue weighted by molar-refractivity contribution is -0.118. The molecule has 0 unspecified atom stereocenters. The van der Waals surface area contributed by atoms with Gasteiger partial charge in [0.15, 0.2) is 5.78 Å². The van der Waals surface area contributed by atoms with E-state index in [0.29, 0.717) is 18.1 Å². The molecule has 42 heavy (non-hydrogen) atoms. The number of fused-ring (bicyclic) bond motifs is 4. The first-order valence-corrected chi connectivity index (χ1v) is 14.8. The van der Waals surface area contributed by atoms with Gasteiger partial charge >= 0.3 is 12.0 Å². The van der Waals surface area contributed by atoms with E-state index in [1.807, 2.05) is 24.3 Å². The fourth-order valence-electron chi connectivity index (χ4n) is 6.65. The van der Waals surface area contributed by atoms with Crippen LogP contribution in [0, 0.1) is 5.41 Å². The summed E-state index contributed by atoms with van der Waals surface area (Å²) in [5.74, 6) is 1.34. The average Bonchev–Trinajstić information content (AvgIpc) is 3.00. The Balaban J connectivity index is 1.27. The molecule has 1 aliphatic carbocycles. The van der Waals surface area contributed by atoms with Gasteiger partial charge in [0.25, 0.3) is 0 Å². The Morgan fingerprint density at radius 2 is 1.71 bits per heavy atom. The number of rotatable bonds is 5. The molecule has 1 saturated heterocycles. The third kappa shape index (κ3) is 4.85. The number of ether oxygens (including phenoxy) is 2.